The highest BCUT2D eigenvalue weighted by Crippen LogP contribution is 2.52. The van der Waals surface area contributed by atoms with Crippen molar-refractivity contribution < 1.29 is 9.84 Å². The van der Waals surface area contributed by atoms with Crippen LogP contribution >= 0.6 is 27.5 Å². The summed E-state index contributed by atoms with van der Waals surface area (Å²) in [7, 11) is 0. The number of halogens is 2. The summed E-state index contributed by atoms with van der Waals surface area (Å²) in [6.07, 6.45) is -1.11. The van der Waals surface area contributed by atoms with Crippen LogP contribution in [-0.2, 0) is 5.60 Å². The lowest BCUT2D eigenvalue weighted by Crippen LogP contribution is -2.33. The van der Waals surface area contributed by atoms with Crippen molar-refractivity contribution in [2.45, 2.75) is 11.7 Å². The van der Waals surface area contributed by atoms with Gasteiger partial charge in [-0.1, -0.05) is 41.9 Å². The highest BCUT2D eigenvalue weighted by molar-refractivity contribution is 9.10. The van der Waals surface area contributed by atoms with Gasteiger partial charge in [-0.25, -0.2) is 0 Å². The van der Waals surface area contributed by atoms with Crippen molar-refractivity contribution in [1.82, 2.24) is 0 Å². The molecule has 20 heavy (non-hydrogen) atoms. The molecule has 1 aliphatic heterocycles. The molecule has 5 heteroatoms. The summed E-state index contributed by atoms with van der Waals surface area (Å²) < 4.78 is 6.33. The normalized spacial score (nSPS) is 23.8. The molecule has 0 saturated heterocycles. The fourth-order valence-corrected chi connectivity index (χ4v) is 3.09. The van der Waals surface area contributed by atoms with Gasteiger partial charge >= 0.3 is 0 Å². The Bertz CT molecular complexity index is 714. The fourth-order valence-electron chi connectivity index (χ4n) is 2.38. The molecule has 1 N–H and O–H groups in total. The molecular formula is C15H9BrClNO2. The van der Waals surface area contributed by atoms with Crippen LogP contribution in [0.3, 0.4) is 0 Å². The molecule has 0 saturated carbocycles. The minimum Gasteiger partial charge on any atom is -0.465 e. The number of benzene rings is 2. The molecule has 0 spiro atoms. The molecule has 2 atom stereocenters. The van der Waals surface area contributed by atoms with Crippen molar-refractivity contribution >= 4 is 27.5 Å². The monoisotopic (exact) mass is 349 g/mol. The van der Waals surface area contributed by atoms with E-state index < -0.39 is 11.7 Å². The number of rotatable bonds is 1. The van der Waals surface area contributed by atoms with E-state index in [1.165, 1.54) is 0 Å². The second-order valence-electron chi connectivity index (χ2n) is 4.49. The van der Waals surface area contributed by atoms with E-state index in [1.54, 1.807) is 36.4 Å². The van der Waals surface area contributed by atoms with Crippen LogP contribution in [-0.4, -0.2) is 5.11 Å². The van der Waals surface area contributed by atoms with E-state index in [1.807, 2.05) is 6.07 Å². The van der Waals surface area contributed by atoms with Crippen LogP contribution in [0.4, 0.5) is 0 Å². The van der Waals surface area contributed by atoms with Gasteiger partial charge in [-0.2, -0.15) is 5.26 Å². The molecule has 0 bridgehead atoms. The zero-order chi connectivity index (χ0) is 14.3. The molecule has 0 amide bonds. The predicted molar refractivity (Wildman–Crippen MR) is 78.5 cm³/mol. The second-order valence-corrected chi connectivity index (χ2v) is 5.69. The summed E-state index contributed by atoms with van der Waals surface area (Å²) in [6, 6.07) is 14.4. The summed E-state index contributed by atoms with van der Waals surface area (Å²) in [5, 5.41) is 20.7. The number of hydrogen-bond acceptors (Lipinski definition) is 3. The minimum absolute atomic E-state index is 0.458. The van der Waals surface area contributed by atoms with Crippen molar-refractivity contribution in [3.05, 3.63) is 63.1 Å². The lowest BCUT2D eigenvalue weighted by Gasteiger charge is -2.24. The van der Waals surface area contributed by atoms with Crippen molar-refractivity contribution in [3.8, 4) is 11.8 Å². The molecule has 3 rings (SSSR count). The maximum atomic E-state index is 10.6. The largest absolute Gasteiger partial charge is 0.465 e. The van der Waals surface area contributed by atoms with E-state index in [-0.39, 0.29) is 0 Å². The highest BCUT2D eigenvalue weighted by atomic mass is 79.9. The zero-order valence-corrected chi connectivity index (χ0v) is 12.5. The number of nitriles is 1. The molecule has 2 aromatic rings. The summed E-state index contributed by atoms with van der Waals surface area (Å²) >= 11 is 9.39. The van der Waals surface area contributed by atoms with Crippen LogP contribution in [0, 0.1) is 11.3 Å². The maximum absolute atomic E-state index is 10.6. The average Bonchev–Trinajstić information content (AvgIpc) is 2.78. The molecule has 3 nitrogen and oxygen atoms in total. The minimum atomic E-state index is -1.45. The maximum Gasteiger partial charge on any atom is 0.249 e. The Balaban J connectivity index is 2.20. The Morgan fingerprint density at radius 2 is 1.95 bits per heavy atom. The lowest BCUT2D eigenvalue weighted by atomic mass is 9.88. The van der Waals surface area contributed by atoms with Gasteiger partial charge in [0.1, 0.15) is 17.9 Å². The van der Waals surface area contributed by atoms with Gasteiger partial charge in [0.05, 0.1) is 5.02 Å². The smallest absolute Gasteiger partial charge is 0.249 e. The average molecular weight is 351 g/mol. The molecular weight excluding hydrogens is 342 g/mol. The van der Waals surface area contributed by atoms with E-state index in [4.69, 9.17) is 16.3 Å². The first-order valence-electron chi connectivity index (χ1n) is 5.92. The van der Waals surface area contributed by atoms with Gasteiger partial charge in [0.15, 0.2) is 0 Å². The second kappa shape index (κ2) is 4.78. The third-order valence-electron chi connectivity index (χ3n) is 3.39. The summed E-state index contributed by atoms with van der Waals surface area (Å²) in [5.41, 5.74) is -0.339. The fraction of sp³-hybridized carbons (Fsp3) is 0.133. The number of aliphatic hydroxyl groups is 1. The topological polar surface area (TPSA) is 53.2 Å². The summed E-state index contributed by atoms with van der Waals surface area (Å²) in [6.45, 7) is 0. The van der Waals surface area contributed by atoms with E-state index >= 15 is 0 Å². The summed E-state index contributed by atoms with van der Waals surface area (Å²) in [5.74, 6) is 0.458. The quantitative estimate of drug-likeness (QED) is 0.847. The van der Waals surface area contributed by atoms with Crippen molar-refractivity contribution in [2.75, 3.05) is 0 Å². The molecule has 0 aliphatic carbocycles. The third kappa shape index (κ3) is 1.75. The lowest BCUT2D eigenvalue weighted by molar-refractivity contribution is 0.0114. The van der Waals surface area contributed by atoms with E-state index in [0.29, 0.717) is 26.4 Å². The molecule has 1 aliphatic rings. The van der Waals surface area contributed by atoms with Crippen LogP contribution in [0.1, 0.15) is 17.2 Å². The van der Waals surface area contributed by atoms with Gasteiger partial charge in [-0.15, -0.1) is 0 Å². The van der Waals surface area contributed by atoms with Gasteiger partial charge in [0, 0.05) is 15.6 Å². The number of aliphatic hydroxyl groups excluding tert-OH is 1. The van der Waals surface area contributed by atoms with Crippen LogP contribution in [0.15, 0.2) is 46.9 Å². The number of ether oxygens (including phenoxy) is 1. The molecule has 100 valence electrons. The standard InChI is InChI=1S/C15H9BrClNO2/c16-13-10(17)6-7-11-12(13)14(19)15(8-18,20-11)9-4-2-1-3-5-9/h1-7,14,19H/t14-,15+/m1/s1. The van der Waals surface area contributed by atoms with Crippen LogP contribution < -0.4 is 4.74 Å². The van der Waals surface area contributed by atoms with Gasteiger partial charge in [-0.05, 0) is 28.1 Å². The van der Waals surface area contributed by atoms with Gasteiger partial charge in [-0.3, -0.25) is 0 Å². The molecule has 0 aromatic heterocycles. The molecule has 0 fully saturated rings. The number of hydrogen-bond donors (Lipinski definition) is 1. The molecule has 0 unspecified atom stereocenters. The van der Waals surface area contributed by atoms with Gasteiger partial charge in [0.25, 0.3) is 0 Å². The van der Waals surface area contributed by atoms with E-state index in [9.17, 15) is 10.4 Å². The Kier molecular flexibility index (Phi) is 3.21. The number of fused-ring (bicyclic) bond motifs is 1. The SMILES string of the molecule is N#C[C@@]1(c2ccccc2)Oc2ccc(Cl)c(Br)c2[C@H]1O. The number of nitrogens with zero attached hydrogens (tertiary/aromatic N) is 1. The van der Waals surface area contributed by atoms with Gasteiger partial charge < -0.3 is 9.84 Å². The van der Waals surface area contributed by atoms with E-state index in [0.717, 1.165) is 0 Å². The Morgan fingerprint density at radius 1 is 1.25 bits per heavy atom. The first-order chi connectivity index (χ1) is 9.60. The van der Waals surface area contributed by atoms with Gasteiger partial charge in [0.2, 0.25) is 5.60 Å². The Hall–Kier alpha value is -1.54. The Morgan fingerprint density at radius 3 is 2.60 bits per heavy atom. The van der Waals surface area contributed by atoms with Crippen LogP contribution in [0.2, 0.25) is 5.02 Å². The predicted octanol–water partition coefficient (Wildman–Crippen LogP) is 3.95. The van der Waals surface area contributed by atoms with Crippen LogP contribution in [0.5, 0.6) is 5.75 Å². The van der Waals surface area contributed by atoms with Crippen LogP contribution in [0.25, 0.3) is 0 Å². The molecule has 0 radical (unpaired) electrons. The summed E-state index contributed by atoms with van der Waals surface area (Å²) in [4.78, 5) is 0. The zero-order valence-electron chi connectivity index (χ0n) is 10.2. The molecule has 1 heterocycles. The van der Waals surface area contributed by atoms with Crippen molar-refractivity contribution in [1.29, 1.82) is 5.26 Å². The first kappa shape index (κ1) is 13.4. The molecule has 2 aromatic carbocycles. The Labute approximate surface area is 129 Å². The van der Waals surface area contributed by atoms with Crippen molar-refractivity contribution in [3.63, 3.8) is 0 Å². The van der Waals surface area contributed by atoms with Crippen molar-refractivity contribution in [2.24, 2.45) is 0 Å². The van der Waals surface area contributed by atoms with E-state index in [2.05, 4.69) is 22.0 Å². The highest BCUT2D eigenvalue weighted by Gasteiger charge is 2.51. The first-order valence-corrected chi connectivity index (χ1v) is 7.09. The third-order valence-corrected chi connectivity index (χ3v) is 4.79.